The lowest BCUT2D eigenvalue weighted by atomic mass is 9.65. The number of hydrogen-bond acceptors (Lipinski definition) is 20. The summed E-state index contributed by atoms with van der Waals surface area (Å²) in [4.78, 5) is 79.4. The van der Waals surface area contributed by atoms with Gasteiger partial charge in [0.15, 0.2) is 0 Å². The molecule has 0 unspecified atom stereocenters. The number of aromatic nitrogens is 6. The minimum atomic E-state index is -0.648. The molecule has 26 heteroatoms. The molecule has 6 N–H and O–H groups in total. The van der Waals surface area contributed by atoms with Gasteiger partial charge in [-0.3, -0.25) is 14.4 Å². The number of rotatable bonds is 21. The van der Waals surface area contributed by atoms with Crippen molar-refractivity contribution in [2.45, 2.75) is 183 Å². The molecule has 11 heterocycles. The second-order valence-electron chi connectivity index (χ2n) is 35.0. The number of carbonyl (C=O) groups is 3. The molecule has 6 atom stereocenters. The van der Waals surface area contributed by atoms with Crippen molar-refractivity contribution in [3.8, 4) is 0 Å². The molecule has 0 spiro atoms. The van der Waals surface area contributed by atoms with Gasteiger partial charge in [0.05, 0.1) is 50.5 Å². The first kappa shape index (κ1) is 80.0. The van der Waals surface area contributed by atoms with Gasteiger partial charge in [-0.15, -0.1) is 22.7 Å². The molecule has 0 radical (unpaired) electrons. The van der Waals surface area contributed by atoms with Gasteiger partial charge >= 0.3 is 17.9 Å². The van der Waals surface area contributed by atoms with Crippen molar-refractivity contribution in [2.75, 3.05) is 109 Å². The average Bonchev–Trinajstić information content (AvgIpc) is 1.60. The van der Waals surface area contributed by atoms with Gasteiger partial charge < -0.3 is 60.7 Å². The normalized spacial score (nSPS) is 26.7. The van der Waals surface area contributed by atoms with Gasteiger partial charge in [0.2, 0.25) is 17.8 Å². The number of nitrogens with zero attached hydrogens (tertiary/aromatic N) is 12. The number of piperidine rings is 3. The third-order valence-corrected chi connectivity index (χ3v) is 29.4. The molecule has 8 aromatic rings. The predicted octanol–water partition coefficient (Wildman–Crippen LogP) is 17.7. The van der Waals surface area contributed by atoms with E-state index in [-0.39, 0.29) is 24.0 Å². The first-order chi connectivity index (χ1) is 53.6. The Balaban J connectivity index is 0.000000133. The number of halogens is 3. The molecule has 112 heavy (non-hydrogen) atoms. The van der Waals surface area contributed by atoms with Crippen molar-refractivity contribution in [3.05, 3.63) is 137 Å². The van der Waals surface area contributed by atoms with Gasteiger partial charge in [-0.2, -0.15) is 15.0 Å². The van der Waals surface area contributed by atoms with E-state index in [4.69, 9.17) is 64.7 Å². The highest BCUT2D eigenvalue weighted by Crippen LogP contribution is 2.49. The lowest BCUT2D eigenvalue weighted by molar-refractivity contribution is -0.159. The minimum absolute atomic E-state index is 0.0146. The van der Waals surface area contributed by atoms with E-state index in [0.717, 1.165) is 232 Å². The Morgan fingerprint density at radius 3 is 1.30 bits per heavy atom. The molecule has 9 aliphatic rings. The summed E-state index contributed by atoms with van der Waals surface area (Å²) in [5.74, 6) is 6.81. The van der Waals surface area contributed by atoms with Gasteiger partial charge in [-0.25, -0.2) is 15.0 Å². The third kappa shape index (κ3) is 17.1. The Kier molecular flexibility index (Phi) is 23.7. The zero-order valence-corrected chi connectivity index (χ0v) is 70.3. The fraction of sp³-hybridized carbons (Fsp3) is 0.570. The predicted molar refractivity (Wildman–Crippen MR) is 453 cm³/mol. The zero-order chi connectivity index (χ0) is 78.8. The smallest absolute Gasteiger partial charge is 0.309 e. The van der Waals surface area contributed by atoms with E-state index in [2.05, 4.69) is 139 Å². The summed E-state index contributed by atoms with van der Waals surface area (Å²) >= 11 is 22.9. The van der Waals surface area contributed by atoms with Crippen LogP contribution in [0.3, 0.4) is 0 Å². The Morgan fingerprint density at radius 2 is 0.866 bits per heavy atom. The van der Waals surface area contributed by atoms with Crippen LogP contribution in [0.5, 0.6) is 0 Å². The van der Waals surface area contributed by atoms with Gasteiger partial charge in [0, 0.05) is 103 Å². The van der Waals surface area contributed by atoms with E-state index < -0.39 is 28.7 Å². The number of likely N-dealkylation sites (tertiary alicyclic amines) is 3. The number of carboxylic acids is 3. The number of fused-ring (bicyclic) bond motifs is 2. The summed E-state index contributed by atoms with van der Waals surface area (Å²) < 4.78 is 1.07. The van der Waals surface area contributed by atoms with Crippen LogP contribution in [0.4, 0.5) is 35.3 Å². The summed E-state index contributed by atoms with van der Waals surface area (Å²) in [6.45, 7) is 32.9. The van der Waals surface area contributed by atoms with Gasteiger partial charge in [-0.1, -0.05) is 71.2 Å². The van der Waals surface area contributed by atoms with Crippen molar-refractivity contribution in [3.63, 3.8) is 0 Å². The van der Waals surface area contributed by atoms with Gasteiger partial charge in [-0.05, 0) is 276 Å². The Labute approximate surface area is 682 Å². The molecule has 5 aromatic heterocycles. The molecule has 6 saturated heterocycles. The van der Waals surface area contributed by atoms with Crippen molar-refractivity contribution < 1.29 is 29.7 Å². The summed E-state index contributed by atoms with van der Waals surface area (Å²) in [7, 11) is 0. The van der Waals surface area contributed by atoms with E-state index in [1.54, 1.807) is 22.7 Å². The molecular formula is C86H110Cl3N15O6S2. The Bertz CT molecular complexity index is 4550. The molecule has 3 aromatic carbocycles. The van der Waals surface area contributed by atoms with Crippen molar-refractivity contribution >= 4 is 131 Å². The number of aliphatic carboxylic acids is 3. The molecule has 17 rings (SSSR count). The topological polar surface area (TPSA) is 245 Å². The maximum absolute atomic E-state index is 11.5. The lowest BCUT2D eigenvalue weighted by Gasteiger charge is -2.52. The van der Waals surface area contributed by atoms with Crippen molar-refractivity contribution in [1.29, 1.82) is 0 Å². The van der Waals surface area contributed by atoms with Crippen LogP contribution >= 0.6 is 57.5 Å². The highest BCUT2D eigenvalue weighted by molar-refractivity contribution is 7.17. The average molecular weight is 1620 g/mol. The quantitative estimate of drug-likeness (QED) is 0.0391. The van der Waals surface area contributed by atoms with Crippen molar-refractivity contribution in [2.24, 2.45) is 52.3 Å². The first-order valence-electron chi connectivity index (χ1n) is 40.7. The Morgan fingerprint density at radius 1 is 0.473 bits per heavy atom. The summed E-state index contributed by atoms with van der Waals surface area (Å²) in [6.07, 6.45) is 12.1. The molecule has 3 saturated carbocycles. The van der Waals surface area contributed by atoms with Crippen LogP contribution in [-0.2, 0) is 14.4 Å². The van der Waals surface area contributed by atoms with Crippen LogP contribution in [-0.4, -0.2) is 174 Å². The van der Waals surface area contributed by atoms with E-state index >= 15 is 0 Å². The maximum atomic E-state index is 11.5. The molecular weight excluding hydrogens is 1510 g/mol. The highest BCUT2D eigenvalue weighted by atomic mass is 35.5. The number of hydrogen-bond donors (Lipinski definition) is 6. The molecule has 0 bridgehead atoms. The maximum Gasteiger partial charge on any atom is 0.309 e. The number of carboxylic acid groups (broad SMARTS) is 3. The van der Waals surface area contributed by atoms with E-state index in [9.17, 15) is 29.7 Å². The first-order valence-corrected chi connectivity index (χ1v) is 43.6. The van der Waals surface area contributed by atoms with Crippen LogP contribution in [0.1, 0.15) is 174 Å². The fourth-order valence-corrected chi connectivity index (χ4v) is 21.7. The number of anilines is 6. The number of aryl methyl sites for hydroxylation is 4. The third-order valence-electron chi connectivity index (χ3n) is 26.7. The molecule has 6 aliphatic heterocycles. The number of thiophene rings is 2. The zero-order valence-electron chi connectivity index (χ0n) is 66.4. The van der Waals surface area contributed by atoms with Crippen LogP contribution in [0, 0.1) is 86.9 Å². The number of nitrogens with one attached hydrogen (secondary N) is 3. The van der Waals surface area contributed by atoms with Gasteiger partial charge in [0.25, 0.3) is 0 Å². The minimum Gasteiger partial charge on any atom is -0.481 e. The summed E-state index contributed by atoms with van der Waals surface area (Å²) in [5.41, 5.74) is 8.60. The van der Waals surface area contributed by atoms with E-state index in [0.29, 0.717) is 53.6 Å². The monoisotopic (exact) mass is 1620 g/mol. The number of benzene rings is 3. The largest absolute Gasteiger partial charge is 0.481 e. The van der Waals surface area contributed by atoms with Crippen LogP contribution in [0.2, 0.25) is 15.1 Å². The standard InChI is InChI=1S/2C29H36ClN5O2S.C28H38ClN5O2/c1-17-6-7-22(23(30)11-17)18(2)31-26-25-24(8-10-38-25)32-28(33-26)35-15-20(16-35)19-5-4-9-34(14-19)21-12-29(3,13-21)27(36)37;1-17-6-7-22(24(30)11-17)18(2)31-25-23-8-10-38-26(23)33-28(32-25)35-15-20(16-35)19-5-4-9-34(14-19)21-12-29(3,13-21)27(36)37;1-16-7-8-24(25(29)10-16)19(4)30-26-17(2)18(3)31-28(32-26)34-14-22(15-34)20-6-5-9-33(13-20)23-11-21(12-23)27(35)36/h2*6-8,10-11,18-21H,4-5,9,12-16H2,1-3H3,(H,36,37)(H,31,32,33);7-8,10,19-23H,5-6,9,11-15H2,1-4H3,(H,35,36)(H,30,31,32)/t2*18-,19+,21?,29?;19-,20+,21?,23?/m111/s1. The molecule has 3 aliphatic carbocycles. The molecule has 0 amide bonds. The second kappa shape index (κ2) is 33.2. The fourth-order valence-electron chi connectivity index (χ4n) is 19.0. The second-order valence-corrected chi connectivity index (χ2v) is 38.0. The van der Waals surface area contributed by atoms with Crippen LogP contribution in [0.15, 0.2) is 77.5 Å². The van der Waals surface area contributed by atoms with E-state index in [1.165, 1.54) is 38.5 Å². The van der Waals surface area contributed by atoms with Crippen molar-refractivity contribution in [1.82, 2.24) is 44.6 Å². The lowest BCUT2D eigenvalue weighted by Crippen LogP contribution is -2.58. The van der Waals surface area contributed by atoms with Gasteiger partial charge in [0.1, 0.15) is 22.3 Å². The van der Waals surface area contributed by atoms with Crippen LogP contribution < -0.4 is 30.7 Å². The SMILES string of the molecule is Cc1ccc([C@@H](C)Nc2nc(N3CC([C@H]4CCCN(C5CC(C(=O)O)C5)C4)C3)nc(C)c2C)c(Cl)c1.Cc1ccc([C@@H](C)Nc2nc(N3CC([C@H]4CCCN(C5CC(C)(C(=O)O)C5)C4)C3)nc3ccsc23)c(Cl)c1.Cc1ccc([C@@H](C)Nc2nc(N3CC([C@H]4CCCN(C5CC(C)(C(=O)O)C5)C4)C3)nc3sccc23)c(Cl)c1. The van der Waals surface area contributed by atoms with E-state index in [1.807, 2.05) is 52.8 Å². The summed E-state index contributed by atoms with van der Waals surface area (Å²) in [6, 6.07) is 24.1. The molecule has 598 valence electrons. The molecule has 21 nitrogen and oxygen atoms in total. The Hall–Kier alpha value is -7.22. The highest BCUT2D eigenvalue weighted by Gasteiger charge is 2.52. The molecule has 9 fully saturated rings. The van der Waals surface area contributed by atoms with Crippen LogP contribution in [0.25, 0.3) is 20.4 Å². The summed E-state index contributed by atoms with van der Waals surface area (Å²) in [5, 5.41) is 46.5.